The van der Waals surface area contributed by atoms with E-state index in [2.05, 4.69) is 36.3 Å². The number of hydrogen-bond donors (Lipinski definition) is 0. The van der Waals surface area contributed by atoms with Gasteiger partial charge in [-0.05, 0) is 23.6 Å². The van der Waals surface area contributed by atoms with Gasteiger partial charge in [0.15, 0.2) is 17.3 Å². The van der Waals surface area contributed by atoms with Gasteiger partial charge in [0.25, 0.3) is 0 Å². The molecule has 0 N–H and O–H groups in total. The third-order valence-electron chi connectivity index (χ3n) is 4.32. The van der Waals surface area contributed by atoms with Gasteiger partial charge in [-0.1, -0.05) is 42.8 Å². The summed E-state index contributed by atoms with van der Waals surface area (Å²) in [6, 6.07) is 12.1. The Morgan fingerprint density at radius 1 is 0.846 bits per heavy atom. The lowest BCUT2D eigenvalue weighted by atomic mass is 9.99. The van der Waals surface area contributed by atoms with Crippen molar-refractivity contribution >= 4 is 0 Å². The molecule has 5 heteroatoms. The minimum Gasteiger partial charge on any atom is -0.496 e. The van der Waals surface area contributed by atoms with Crippen molar-refractivity contribution in [2.24, 2.45) is 0 Å². The molecule has 0 saturated heterocycles. The van der Waals surface area contributed by atoms with E-state index in [1.54, 1.807) is 33.6 Å². The Balaban J connectivity index is 2.08. The minimum absolute atomic E-state index is 0.595. The number of ether oxygens (including phenoxy) is 3. The molecule has 136 valence electrons. The molecule has 0 aliphatic rings. The third-order valence-corrected chi connectivity index (χ3v) is 4.32. The Labute approximate surface area is 153 Å². The average molecular weight is 353 g/mol. The smallest absolute Gasteiger partial charge is 0.178 e. The molecule has 0 aliphatic heterocycles. The van der Waals surface area contributed by atoms with Gasteiger partial charge < -0.3 is 18.7 Å². The molecule has 0 radical (unpaired) electrons. The van der Waals surface area contributed by atoms with Gasteiger partial charge in [0, 0.05) is 11.6 Å². The summed E-state index contributed by atoms with van der Waals surface area (Å²) < 4.78 is 21.9. The fraction of sp³-hybridized carbons (Fsp3) is 0.286. The topological polar surface area (TPSA) is 53.7 Å². The Morgan fingerprint density at radius 3 is 2.12 bits per heavy atom. The Kier molecular flexibility index (Phi) is 5.46. The fourth-order valence-corrected chi connectivity index (χ4v) is 2.99. The fourth-order valence-electron chi connectivity index (χ4n) is 2.99. The van der Waals surface area contributed by atoms with Gasteiger partial charge in [0.2, 0.25) is 0 Å². The maximum Gasteiger partial charge on any atom is 0.178 e. The van der Waals surface area contributed by atoms with Crippen LogP contribution in [-0.2, 0) is 6.42 Å². The summed E-state index contributed by atoms with van der Waals surface area (Å²) in [6.45, 7) is 2.18. The largest absolute Gasteiger partial charge is 0.496 e. The number of nitrogens with zero attached hydrogens (tertiary/aromatic N) is 1. The monoisotopic (exact) mass is 353 g/mol. The summed E-state index contributed by atoms with van der Waals surface area (Å²) in [6.07, 6.45) is 3.92. The first kappa shape index (κ1) is 17.9. The van der Waals surface area contributed by atoms with Gasteiger partial charge in [0.05, 0.1) is 33.1 Å². The van der Waals surface area contributed by atoms with Crippen LogP contribution in [0.15, 0.2) is 47.1 Å². The van der Waals surface area contributed by atoms with Crippen LogP contribution < -0.4 is 14.2 Å². The average Bonchev–Trinajstić information content (AvgIpc) is 3.17. The zero-order valence-corrected chi connectivity index (χ0v) is 15.5. The standard InChI is InChI=1S/C21H23NO4/c1-5-6-14-7-9-15(10-8-14)17-13-22-26-21(17)16-11-19(24-3)20(25-4)12-18(16)23-2/h7-13H,5-6H2,1-4H3. The maximum absolute atomic E-state index is 5.57. The van der Waals surface area contributed by atoms with Crippen LogP contribution in [0.4, 0.5) is 0 Å². The van der Waals surface area contributed by atoms with Crippen molar-refractivity contribution < 1.29 is 18.7 Å². The van der Waals surface area contributed by atoms with Crippen molar-refractivity contribution in [2.45, 2.75) is 19.8 Å². The van der Waals surface area contributed by atoms with Crippen molar-refractivity contribution in [1.29, 1.82) is 0 Å². The molecule has 0 aliphatic carbocycles. The van der Waals surface area contributed by atoms with E-state index in [1.165, 1.54) is 5.56 Å². The van der Waals surface area contributed by atoms with Crippen LogP contribution in [-0.4, -0.2) is 26.5 Å². The molecule has 1 aromatic heterocycles. The van der Waals surface area contributed by atoms with Crippen molar-refractivity contribution in [2.75, 3.05) is 21.3 Å². The quantitative estimate of drug-likeness (QED) is 0.599. The number of aryl methyl sites for hydroxylation is 1. The van der Waals surface area contributed by atoms with E-state index in [1.807, 2.05) is 6.07 Å². The normalized spacial score (nSPS) is 10.6. The first-order valence-corrected chi connectivity index (χ1v) is 8.56. The highest BCUT2D eigenvalue weighted by Crippen LogP contribution is 2.43. The van der Waals surface area contributed by atoms with Gasteiger partial charge in [-0.3, -0.25) is 0 Å². The van der Waals surface area contributed by atoms with Crippen molar-refractivity contribution in [3.63, 3.8) is 0 Å². The molecule has 1 heterocycles. The molecule has 0 bridgehead atoms. The molecule has 2 aromatic carbocycles. The van der Waals surface area contributed by atoms with Crippen LogP contribution in [0.5, 0.6) is 17.2 Å². The predicted octanol–water partition coefficient (Wildman–Crippen LogP) is 4.99. The second-order valence-corrected chi connectivity index (χ2v) is 5.92. The second-order valence-electron chi connectivity index (χ2n) is 5.92. The highest BCUT2D eigenvalue weighted by atomic mass is 16.5. The first-order chi connectivity index (χ1) is 12.7. The lowest BCUT2D eigenvalue weighted by molar-refractivity contribution is 0.348. The third kappa shape index (κ3) is 3.38. The highest BCUT2D eigenvalue weighted by Gasteiger charge is 2.20. The van der Waals surface area contributed by atoms with Gasteiger partial charge in [-0.2, -0.15) is 0 Å². The zero-order valence-electron chi connectivity index (χ0n) is 15.5. The van der Waals surface area contributed by atoms with Gasteiger partial charge >= 0.3 is 0 Å². The van der Waals surface area contributed by atoms with Crippen LogP contribution in [0, 0.1) is 0 Å². The molecule has 0 atom stereocenters. The Hall–Kier alpha value is -2.95. The molecule has 5 nitrogen and oxygen atoms in total. The van der Waals surface area contributed by atoms with Crippen LogP contribution in [0.3, 0.4) is 0 Å². The molecule has 26 heavy (non-hydrogen) atoms. The lowest BCUT2D eigenvalue weighted by Crippen LogP contribution is -1.95. The summed E-state index contributed by atoms with van der Waals surface area (Å²) in [5.74, 6) is 2.45. The van der Waals surface area contributed by atoms with Crippen LogP contribution >= 0.6 is 0 Å². The van der Waals surface area contributed by atoms with Crippen molar-refractivity contribution in [1.82, 2.24) is 5.16 Å². The summed E-state index contributed by atoms with van der Waals surface area (Å²) in [4.78, 5) is 0. The molecule has 0 unspecified atom stereocenters. The van der Waals surface area contributed by atoms with E-state index in [0.29, 0.717) is 23.0 Å². The van der Waals surface area contributed by atoms with E-state index >= 15 is 0 Å². The molecule has 3 rings (SSSR count). The van der Waals surface area contributed by atoms with E-state index < -0.39 is 0 Å². The Morgan fingerprint density at radius 2 is 1.50 bits per heavy atom. The van der Waals surface area contributed by atoms with E-state index in [-0.39, 0.29) is 0 Å². The Bertz CT molecular complexity index is 868. The number of aromatic nitrogens is 1. The van der Waals surface area contributed by atoms with Gasteiger partial charge in [0.1, 0.15) is 5.75 Å². The lowest BCUT2D eigenvalue weighted by Gasteiger charge is -2.13. The van der Waals surface area contributed by atoms with Crippen molar-refractivity contribution in [3.8, 4) is 39.7 Å². The number of benzene rings is 2. The molecular formula is C21H23NO4. The summed E-state index contributed by atoms with van der Waals surface area (Å²) in [7, 11) is 4.80. The molecule has 0 saturated carbocycles. The number of rotatable bonds is 7. The molecule has 0 fully saturated rings. The number of hydrogen-bond acceptors (Lipinski definition) is 5. The summed E-state index contributed by atoms with van der Waals surface area (Å²) >= 11 is 0. The van der Waals surface area contributed by atoms with Crippen LogP contribution in [0.1, 0.15) is 18.9 Å². The molecule has 0 amide bonds. The minimum atomic E-state index is 0.595. The highest BCUT2D eigenvalue weighted by molar-refractivity contribution is 5.83. The van der Waals surface area contributed by atoms with Gasteiger partial charge in [-0.15, -0.1) is 0 Å². The second kappa shape index (κ2) is 7.95. The van der Waals surface area contributed by atoms with E-state index in [9.17, 15) is 0 Å². The van der Waals surface area contributed by atoms with E-state index in [0.717, 1.165) is 29.5 Å². The first-order valence-electron chi connectivity index (χ1n) is 8.56. The zero-order chi connectivity index (χ0) is 18.5. The SMILES string of the molecule is CCCc1ccc(-c2cnoc2-c2cc(OC)c(OC)cc2OC)cc1. The van der Waals surface area contributed by atoms with Crippen LogP contribution in [0.2, 0.25) is 0 Å². The molecule has 0 spiro atoms. The van der Waals surface area contributed by atoms with Crippen LogP contribution in [0.25, 0.3) is 22.5 Å². The summed E-state index contributed by atoms with van der Waals surface area (Å²) in [5.41, 5.74) is 4.02. The predicted molar refractivity (Wildman–Crippen MR) is 101 cm³/mol. The van der Waals surface area contributed by atoms with Gasteiger partial charge in [-0.25, -0.2) is 0 Å². The maximum atomic E-state index is 5.57. The molecule has 3 aromatic rings. The van der Waals surface area contributed by atoms with Crippen molar-refractivity contribution in [3.05, 3.63) is 48.2 Å². The molecular weight excluding hydrogens is 330 g/mol. The summed E-state index contributed by atoms with van der Waals surface area (Å²) in [5, 5.41) is 4.00. The number of methoxy groups -OCH3 is 3. The van der Waals surface area contributed by atoms with E-state index in [4.69, 9.17) is 18.7 Å².